The molecule has 1 aromatic heterocycles. The van der Waals surface area contributed by atoms with E-state index in [2.05, 4.69) is 4.42 Å². The largest absolute Gasteiger partial charge is 0.449 e. The van der Waals surface area contributed by atoms with Crippen molar-refractivity contribution in [2.45, 2.75) is 6.61 Å². The molecule has 0 radical (unpaired) electrons. The van der Waals surface area contributed by atoms with Crippen molar-refractivity contribution >= 4 is 5.88 Å². The maximum absolute atomic E-state index is 8.44. The standard InChI is InChI=1S/C5H7NO2/c6-5-1-4(2-7)3-8-5/h1,3,7H,2,6H2. The SMILES string of the molecule is Nc1cc(CO)co1. The van der Waals surface area contributed by atoms with Crippen molar-refractivity contribution in [2.24, 2.45) is 0 Å². The van der Waals surface area contributed by atoms with Gasteiger partial charge in [-0.1, -0.05) is 0 Å². The molecule has 1 aromatic rings. The van der Waals surface area contributed by atoms with Gasteiger partial charge in [0.15, 0.2) is 5.88 Å². The third-order valence-electron chi connectivity index (χ3n) is 0.857. The second kappa shape index (κ2) is 1.88. The van der Waals surface area contributed by atoms with Gasteiger partial charge in [-0.25, -0.2) is 0 Å². The number of rotatable bonds is 1. The number of aliphatic hydroxyl groups is 1. The summed E-state index contributed by atoms with van der Waals surface area (Å²) in [5.41, 5.74) is 5.89. The third kappa shape index (κ3) is 0.816. The average Bonchev–Trinajstić information content (AvgIpc) is 2.14. The van der Waals surface area contributed by atoms with E-state index >= 15 is 0 Å². The van der Waals surface area contributed by atoms with Gasteiger partial charge in [-0.05, 0) is 0 Å². The molecule has 0 aliphatic carbocycles. The molecule has 0 fully saturated rings. The van der Waals surface area contributed by atoms with E-state index in [1.54, 1.807) is 6.07 Å². The fraction of sp³-hybridized carbons (Fsp3) is 0.200. The molecule has 3 nitrogen and oxygen atoms in total. The van der Waals surface area contributed by atoms with Gasteiger partial charge in [0.25, 0.3) is 0 Å². The summed E-state index contributed by atoms with van der Waals surface area (Å²) in [5, 5.41) is 8.44. The van der Waals surface area contributed by atoms with Gasteiger partial charge in [0.2, 0.25) is 0 Å². The summed E-state index contributed by atoms with van der Waals surface area (Å²) in [6, 6.07) is 1.58. The minimum Gasteiger partial charge on any atom is -0.449 e. The first-order chi connectivity index (χ1) is 3.83. The molecule has 0 amide bonds. The van der Waals surface area contributed by atoms with Crippen LogP contribution in [0.2, 0.25) is 0 Å². The highest BCUT2D eigenvalue weighted by Gasteiger charge is 1.92. The van der Waals surface area contributed by atoms with Crippen LogP contribution in [0.4, 0.5) is 5.88 Å². The molecule has 0 saturated heterocycles. The first-order valence-corrected chi connectivity index (χ1v) is 2.26. The van der Waals surface area contributed by atoms with Crippen LogP contribution in [0.1, 0.15) is 5.56 Å². The molecule has 8 heavy (non-hydrogen) atoms. The number of aliphatic hydroxyl groups excluding tert-OH is 1. The summed E-state index contributed by atoms with van der Waals surface area (Å²) >= 11 is 0. The molecule has 1 heterocycles. The van der Waals surface area contributed by atoms with Crippen LogP contribution < -0.4 is 5.73 Å². The second-order valence-corrected chi connectivity index (χ2v) is 1.52. The van der Waals surface area contributed by atoms with Gasteiger partial charge in [-0.2, -0.15) is 0 Å². The number of furan rings is 1. The summed E-state index contributed by atoms with van der Waals surface area (Å²) in [4.78, 5) is 0. The fourth-order valence-corrected chi connectivity index (χ4v) is 0.477. The zero-order valence-electron chi connectivity index (χ0n) is 4.29. The lowest BCUT2D eigenvalue weighted by Gasteiger charge is -1.77. The summed E-state index contributed by atoms with van der Waals surface area (Å²) < 4.78 is 4.67. The average molecular weight is 113 g/mol. The van der Waals surface area contributed by atoms with E-state index in [4.69, 9.17) is 10.8 Å². The van der Waals surface area contributed by atoms with Crippen LogP contribution in [-0.2, 0) is 6.61 Å². The lowest BCUT2D eigenvalue weighted by Crippen LogP contribution is -1.78. The Kier molecular flexibility index (Phi) is 1.22. The monoisotopic (exact) mass is 113 g/mol. The number of anilines is 1. The van der Waals surface area contributed by atoms with Gasteiger partial charge < -0.3 is 15.3 Å². The van der Waals surface area contributed by atoms with Crippen molar-refractivity contribution in [3.63, 3.8) is 0 Å². The van der Waals surface area contributed by atoms with Crippen LogP contribution in [0.25, 0.3) is 0 Å². The summed E-state index contributed by atoms with van der Waals surface area (Å²) in [5.74, 6) is 0.342. The molecule has 0 spiro atoms. The van der Waals surface area contributed by atoms with Crippen LogP contribution >= 0.6 is 0 Å². The molecule has 3 N–H and O–H groups in total. The molecular weight excluding hydrogens is 106 g/mol. The molecule has 44 valence electrons. The topological polar surface area (TPSA) is 59.4 Å². The van der Waals surface area contributed by atoms with Gasteiger partial charge in [0, 0.05) is 11.6 Å². The van der Waals surface area contributed by atoms with Crippen molar-refractivity contribution < 1.29 is 9.52 Å². The normalized spacial score (nSPS) is 9.62. The van der Waals surface area contributed by atoms with Crippen molar-refractivity contribution in [3.8, 4) is 0 Å². The Morgan fingerprint density at radius 2 is 2.50 bits per heavy atom. The lowest BCUT2D eigenvalue weighted by atomic mass is 10.4. The Morgan fingerprint density at radius 3 is 2.75 bits per heavy atom. The van der Waals surface area contributed by atoms with Crippen LogP contribution in [0.5, 0.6) is 0 Å². The first-order valence-electron chi connectivity index (χ1n) is 2.26. The predicted molar refractivity (Wildman–Crippen MR) is 29.0 cm³/mol. The van der Waals surface area contributed by atoms with E-state index in [9.17, 15) is 0 Å². The highest BCUT2D eigenvalue weighted by Crippen LogP contribution is 2.07. The number of hydrogen-bond acceptors (Lipinski definition) is 3. The van der Waals surface area contributed by atoms with Gasteiger partial charge >= 0.3 is 0 Å². The Labute approximate surface area is 46.7 Å². The van der Waals surface area contributed by atoms with Gasteiger partial charge in [0.1, 0.15) is 0 Å². The highest BCUT2D eigenvalue weighted by molar-refractivity contribution is 5.27. The van der Waals surface area contributed by atoms with Crippen LogP contribution in [0.15, 0.2) is 16.7 Å². The van der Waals surface area contributed by atoms with Crippen molar-refractivity contribution in [1.29, 1.82) is 0 Å². The van der Waals surface area contributed by atoms with Crippen molar-refractivity contribution in [1.82, 2.24) is 0 Å². The molecule has 1 rings (SSSR count). The maximum atomic E-state index is 8.44. The molecule has 0 unspecified atom stereocenters. The summed E-state index contributed by atoms with van der Waals surface area (Å²) in [6.07, 6.45) is 1.43. The van der Waals surface area contributed by atoms with E-state index in [0.717, 1.165) is 0 Å². The molecule has 0 atom stereocenters. The van der Waals surface area contributed by atoms with Gasteiger partial charge in [-0.3, -0.25) is 0 Å². The van der Waals surface area contributed by atoms with Crippen molar-refractivity contribution in [3.05, 3.63) is 17.9 Å². The quantitative estimate of drug-likeness (QED) is 0.552. The Hall–Kier alpha value is -0.960. The van der Waals surface area contributed by atoms with E-state index in [1.807, 2.05) is 0 Å². The maximum Gasteiger partial charge on any atom is 0.190 e. The Balaban J connectivity index is 2.84. The predicted octanol–water partition coefficient (Wildman–Crippen LogP) is 0.354. The zero-order valence-corrected chi connectivity index (χ0v) is 4.29. The molecule has 0 aliphatic heterocycles. The van der Waals surface area contributed by atoms with E-state index in [1.165, 1.54) is 6.26 Å². The minimum absolute atomic E-state index is 0.0132. The molecule has 3 heteroatoms. The fourth-order valence-electron chi connectivity index (χ4n) is 0.477. The Morgan fingerprint density at radius 1 is 1.75 bits per heavy atom. The van der Waals surface area contributed by atoms with Crippen LogP contribution in [0.3, 0.4) is 0 Å². The van der Waals surface area contributed by atoms with E-state index < -0.39 is 0 Å². The van der Waals surface area contributed by atoms with Crippen LogP contribution in [-0.4, -0.2) is 5.11 Å². The zero-order chi connectivity index (χ0) is 5.98. The van der Waals surface area contributed by atoms with Crippen molar-refractivity contribution in [2.75, 3.05) is 5.73 Å². The molecule has 0 bridgehead atoms. The van der Waals surface area contributed by atoms with E-state index in [-0.39, 0.29) is 6.61 Å². The molecule has 0 aromatic carbocycles. The van der Waals surface area contributed by atoms with Gasteiger partial charge in [0.05, 0.1) is 12.9 Å². The van der Waals surface area contributed by atoms with Crippen LogP contribution in [0, 0.1) is 0 Å². The minimum atomic E-state index is -0.0132. The van der Waals surface area contributed by atoms with Gasteiger partial charge in [-0.15, -0.1) is 0 Å². The summed E-state index contributed by atoms with van der Waals surface area (Å²) in [6.45, 7) is -0.0132. The third-order valence-corrected chi connectivity index (χ3v) is 0.857. The smallest absolute Gasteiger partial charge is 0.190 e. The number of hydrogen-bond donors (Lipinski definition) is 2. The van der Waals surface area contributed by atoms with E-state index in [0.29, 0.717) is 11.4 Å². The molecule has 0 aliphatic rings. The highest BCUT2D eigenvalue weighted by atomic mass is 16.3. The number of nitrogen functional groups attached to an aromatic ring is 1. The lowest BCUT2D eigenvalue weighted by molar-refractivity contribution is 0.280. The Bertz CT molecular complexity index is 171. The second-order valence-electron chi connectivity index (χ2n) is 1.52. The summed E-state index contributed by atoms with van der Waals surface area (Å²) in [7, 11) is 0. The molecular formula is C5H7NO2. The first kappa shape index (κ1) is 5.18. The molecule has 0 saturated carbocycles. The number of nitrogens with two attached hydrogens (primary N) is 1.